The lowest BCUT2D eigenvalue weighted by atomic mass is 10.1. The molecule has 1 N–H and O–H groups in total. The zero-order valence-electron chi connectivity index (χ0n) is 13.7. The zero-order valence-corrected chi connectivity index (χ0v) is 15.3. The topological polar surface area (TPSA) is 36.3 Å². The number of benzene rings is 1. The highest BCUT2D eigenvalue weighted by molar-refractivity contribution is 7.73. The first-order valence-corrected chi connectivity index (χ1v) is 9.12. The molecule has 0 radical (unpaired) electrons. The van der Waals surface area contributed by atoms with E-state index in [-0.39, 0.29) is 0 Å². The molecule has 1 aromatic carbocycles. The molecule has 0 bridgehead atoms. The molecule has 1 aliphatic rings. The fraction of sp³-hybridized carbons (Fsp3) is 0.500. The average Bonchev–Trinajstić information content (AvgIpc) is 2.89. The first-order chi connectivity index (χ1) is 11.1. The summed E-state index contributed by atoms with van der Waals surface area (Å²) in [6.45, 7) is 8.26. The molecule has 0 spiro atoms. The molecule has 2 heterocycles. The van der Waals surface area contributed by atoms with Gasteiger partial charge in [0.1, 0.15) is 0 Å². The van der Waals surface area contributed by atoms with Gasteiger partial charge in [-0.15, -0.1) is 5.10 Å². The van der Waals surface area contributed by atoms with Gasteiger partial charge in [0.2, 0.25) is 5.13 Å². The van der Waals surface area contributed by atoms with Gasteiger partial charge in [-0.3, -0.25) is 9.80 Å². The highest BCUT2D eigenvalue weighted by Crippen LogP contribution is 2.15. The van der Waals surface area contributed by atoms with Gasteiger partial charge in [-0.25, -0.2) is 4.68 Å². The summed E-state index contributed by atoms with van der Waals surface area (Å²) in [7, 11) is 1.88. The van der Waals surface area contributed by atoms with Crippen molar-refractivity contribution in [2.45, 2.75) is 20.1 Å². The molecule has 1 aromatic heterocycles. The van der Waals surface area contributed by atoms with Gasteiger partial charge in [0.15, 0.2) is 3.95 Å². The third kappa shape index (κ3) is 4.38. The zero-order chi connectivity index (χ0) is 16.2. The summed E-state index contributed by atoms with van der Waals surface area (Å²) in [6, 6.07) is 8.79. The molecular weight excluding hydrogens is 326 g/mol. The predicted octanol–water partition coefficient (Wildman–Crippen LogP) is 2.80. The Hall–Kier alpha value is -1.28. The van der Waals surface area contributed by atoms with E-state index in [0.717, 1.165) is 48.5 Å². The SMILES string of the molecule is CNc1nn(CN2CCN(Cc3cccc(C)c3)CC2)c(=S)s1. The van der Waals surface area contributed by atoms with E-state index in [2.05, 4.69) is 51.4 Å². The molecule has 0 saturated carbocycles. The van der Waals surface area contributed by atoms with Gasteiger partial charge in [-0.1, -0.05) is 41.2 Å². The Kier molecular flexibility index (Phi) is 5.42. The number of anilines is 1. The lowest BCUT2D eigenvalue weighted by molar-refractivity contribution is 0.0985. The van der Waals surface area contributed by atoms with Crippen LogP contribution >= 0.6 is 23.6 Å². The van der Waals surface area contributed by atoms with Crippen LogP contribution in [0.3, 0.4) is 0 Å². The molecule has 0 amide bonds. The quantitative estimate of drug-likeness (QED) is 0.840. The maximum atomic E-state index is 5.37. The van der Waals surface area contributed by atoms with Crippen LogP contribution in [0.4, 0.5) is 5.13 Å². The molecule has 23 heavy (non-hydrogen) atoms. The van der Waals surface area contributed by atoms with E-state index in [1.54, 1.807) is 0 Å². The molecule has 0 aliphatic carbocycles. The predicted molar refractivity (Wildman–Crippen MR) is 98.5 cm³/mol. The van der Waals surface area contributed by atoms with E-state index in [9.17, 15) is 0 Å². The van der Waals surface area contributed by atoms with Crippen LogP contribution in [0.1, 0.15) is 11.1 Å². The number of hydrogen-bond acceptors (Lipinski definition) is 6. The maximum Gasteiger partial charge on any atom is 0.204 e. The van der Waals surface area contributed by atoms with E-state index in [1.165, 1.54) is 22.5 Å². The summed E-state index contributed by atoms with van der Waals surface area (Å²) in [4.78, 5) is 4.94. The van der Waals surface area contributed by atoms with Crippen molar-refractivity contribution in [1.29, 1.82) is 0 Å². The van der Waals surface area contributed by atoms with Crippen molar-refractivity contribution in [2.24, 2.45) is 0 Å². The molecule has 1 saturated heterocycles. The molecule has 3 rings (SSSR count). The van der Waals surface area contributed by atoms with Crippen molar-refractivity contribution in [3.05, 3.63) is 39.3 Å². The van der Waals surface area contributed by atoms with E-state index >= 15 is 0 Å². The molecule has 0 unspecified atom stereocenters. The van der Waals surface area contributed by atoms with Crippen molar-refractivity contribution in [1.82, 2.24) is 19.6 Å². The summed E-state index contributed by atoms with van der Waals surface area (Å²) in [6.07, 6.45) is 0. The first kappa shape index (κ1) is 16.6. The molecule has 1 aliphatic heterocycles. The number of hydrogen-bond donors (Lipinski definition) is 1. The number of aromatic nitrogens is 2. The summed E-state index contributed by atoms with van der Waals surface area (Å²) in [5.41, 5.74) is 2.73. The van der Waals surface area contributed by atoms with Crippen molar-refractivity contribution >= 4 is 28.7 Å². The number of nitrogens with one attached hydrogen (secondary N) is 1. The number of piperazine rings is 1. The van der Waals surface area contributed by atoms with Crippen LogP contribution in [0.25, 0.3) is 0 Å². The van der Waals surface area contributed by atoms with E-state index in [1.807, 2.05) is 11.7 Å². The monoisotopic (exact) mass is 349 g/mol. The van der Waals surface area contributed by atoms with Crippen LogP contribution in [0.15, 0.2) is 24.3 Å². The number of nitrogens with zero attached hydrogens (tertiary/aromatic N) is 4. The molecule has 124 valence electrons. The highest BCUT2D eigenvalue weighted by Gasteiger charge is 2.18. The average molecular weight is 350 g/mol. The summed E-state index contributed by atoms with van der Waals surface area (Å²) >= 11 is 6.90. The van der Waals surface area contributed by atoms with Gasteiger partial charge >= 0.3 is 0 Å². The van der Waals surface area contributed by atoms with Gasteiger partial charge in [0.25, 0.3) is 0 Å². The van der Waals surface area contributed by atoms with E-state index in [4.69, 9.17) is 12.2 Å². The standard InChI is InChI=1S/C16H23N5S2/c1-13-4-3-5-14(10-13)11-19-6-8-20(9-7-19)12-21-16(22)23-15(17-2)18-21/h3-5,10H,6-9,11-12H2,1-2H3,(H,17,18). The lowest BCUT2D eigenvalue weighted by Gasteiger charge is -2.34. The second-order valence-electron chi connectivity index (χ2n) is 5.95. The normalized spacial score (nSPS) is 16.6. The summed E-state index contributed by atoms with van der Waals surface area (Å²) in [5.74, 6) is 0. The van der Waals surface area contributed by atoms with Crippen LogP contribution in [0.2, 0.25) is 0 Å². The van der Waals surface area contributed by atoms with Crippen molar-refractivity contribution in [3.8, 4) is 0 Å². The van der Waals surface area contributed by atoms with Gasteiger partial charge in [0.05, 0.1) is 6.67 Å². The van der Waals surface area contributed by atoms with E-state index in [0.29, 0.717) is 0 Å². The molecule has 2 aromatic rings. The highest BCUT2D eigenvalue weighted by atomic mass is 32.1. The Balaban J connectivity index is 1.52. The fourth-order valence-electron chi connectivity index (χ4n) is 2.84. The minimum absolute atomic E-state index is 0.787. The fourth-order valence-corrected chi connectivity index (χ4v) is 3.79. The Labute approximate surface area is 146 Å². The molecular formula is C16H23N5S2. The van der Waals surface area contributed by atoms with Crippen molar-refractivity contribution < 1.29 is 0 Å². The van der Waals surface area contributed by atoms with Crippen molar-refractivity contribution in [2.75, 3.05) is 38.5 Å². The Bertz CT molecular complexity index is 700. The number of aryl methyl sites for hydroxylation is 1. The first-order valence-electron chi connectivity index (χ1n) is 7.90. The van der Waals surface area contributed by atoms with Gasteiger partial charge < -0.3 is 5.32 Å². The van der Waals surface area contributed by atoms with Gasteiger partial charge in [-0.2, -0.15) is 0 Å². The van der Waals surface area contributed by atoms with Gasteiger partial charge in [0, 0.05) is 39.8 Å². The summed E-state index contributed by atoms with van der Waals surface area (Å²) < 4.78 is 2.75. The molecule has 1 fully saturated rings. The minimum atomic E-state index is 0.787. The smallest absolute Gasteiger partial charge is 0.204 e. The Morgan fingerprint density at radius 2 is 1.96 bits per heavy atom. The largest absolute Gasteiger partial charge is 0.363 e. The van der Waals surface area contributed by atoms with Gasteiger partial charge in [-0.05, 0) is 24.7 Å². The van der Waals surface area contributed by atoms with Crippen LogP contribution < -0.4 is 5.32 Å². The lowest BCUT2D eigenvalue weighted by Crippen LogP contribution is -2.46. The third-order valence-electron chi connectivity index (χ3n) is 4.11. The Morgan fingerprint density at radius 3 is 2.61 bits per heavy atom. The van der Waals surface area contributed by atoms with Crippen LogP contribution in [0.5, 0.6) is 0 Å². The van der Waals surface area contributed by atoms with Crippen LogP contribution in [-0.2, 0) is 13.2 Å². The Morgan fingerprint density at radius 1 is 1.22 bits per heavy atom. The third-order valence-corrected chi connectivity index (χ3v) is 5.43. The van der Waals surface area contributed by atoms with Crippen LogP contribution in [-0.4, -0.2) is 52.8 Å². The second kappa shape index (κ2) is 7.53. The molecule has 5 nitrogen and oxygen atoms in total. The minimum Gasteiger partial charge on any atom is -0.363 e. The van der Waals surface area contributed by atoms with Crippen molar-refractivity contribution in [3.63, 3.8) is 0 Å². The van der Waals surface area contributed by atoms with Crippen LogP contribution in [0, 0.1) is 10.9 Å². The molecule has 7 heteroatoms. The molecule has 0 atom stereocenters. The summed E-state index contributed by atoms with van der Waals surface area (Å²) in [5, 5.41) is 8.42. The maximum absolute atomic E-state index is 5.37. The second-order valence-corrected chi connectivity index (χ2v) is 7.57. The number of rotatable bonds is 5. The van der Waals surface area contributed by atoms with E-state index < -0.39 is 0 Å².